The highest BCUT2D eigenvalue weighted by atomic mass is 32.2. The SMILES string of the molecule is CC1(C)Cc2c(sc3c2c(=O)n(-c2ccccc2)c2nnc(SCC(=O)Nc4cccc5ccccc45)n32)CO1. The minimum absolute atomic E-state index is 0.124. The lowest BCUT2D eigenvalue weighted by Gasteiger charge is -2.29. The van der Waals surface area contributed by atoms with E-state index in [0.29, 0.717) is 35.0 Å². The van der Waals surface area contributed by atoms with Gasteiger partial charge in [0, 0.05) is 22.4 Å². The van der Waals surface area contributed by atoms with Crippen LogP contribution in [0.25, 0.3) is 32.5 Å². The molecule has 0 aliphatic carbocycles. The minimum Gasteiger partial charge on any atom is -0.370 e. The van der Waals surface area contributed by atoms with Gasteiger partial charge < -0.3 is 10.1 Å². The Labute approximate surface area is 237 Å². The van der Waals surface area contributed by atoms with Gasteiger partial charge >= 0.3 is 0 Å². The number of anilines is 1. The number of hydrogen-bond donors (Lipinski definition) is 1. The molecule has 1 amide bonds. The molecule has 0 atom stereocenters. The minimum atomic E-state index is -0.371. The van der Waals surface area contributed by atoms with E-state index < -0.39 is 0 Å². The summed E-state index contributed by atoms with van der Waals surface area (Å²) < 4.78 is 9.60. The van der Waals surface area contributed by atoms with Crippen molar-refractivity contribution in [2.45, 2.75) is 37.6 Å². The molecule has 7 rings (SSSR count). The molecule has 6 aromatic rings. The Bertz CT molecular complexity index is 1990. The number of para-hydroxylation sites is 1. The molecule has 0 spiro atoms. The molecule has 0 saturated carbocycles. The second-order valence-electron chi connectivity index (χ2n) is 10.4. The Kier molecular flexibility index (Phi) is 5.99. The van der Waals surface area contributed by atoms with E-state index in [0.717, 1.165) is 31.7 Å². The van der Waals surface area contributed by atoms with Gasteiger partial charge in [0.15, 0.2) is 5.16 Å². The van der Waals surface area contributed by atoms with Crippen LogP contribution in [0.5, 0.6) is 0 Å². The zero-order chi connectivity index (χ0) is 27.4. The van der Waals surface area contributed by atoms with E-state index in [2.05, 4.69) is 15.5 Å². The maximum absolute atomic E-state index is 14.0. The summed E-state index contributed by atoms with van der Waals surface area (Å²) in [6.07, 6.45) is 0.635. The molecule has 3 aromatic carbocycles. The summed E-state index contributed by atoms with van der Waals surface area (Å²) in [5, 5.41) is 15.2. The third kappa shape index (κ3) is 4.19. The number of ether oxygens (including phenoxy) is 1. The van der Waals surface area contributed by atoms with Crippen molar-refractivity contribution in [3.63, 3.8) is 0 Å². The standard InChI is InChI=1S/C30H25N5O3S2/c1-30(2)15-21-23(16-38-30)40-27-25(21)26(37)34(19-11-4-3-5-12-19)28-32-33-29(35(27)28)39-17-24(36)31-22-14-8-10-18-9-6-7-13-20(18)22/h3-14H,15-17H2,1-2H3,(H,31,36). The zero-order valence-electron chi connectivity index (χ0n) is 21.9. The average Bonchev–Trinajstić information content (AvgIpc) is 3.53. The van der Waals surface area contributed by atoms with Gasteiger partial charge in [0.25, 0.3) is 5.56 Å². The van der Waals surface area contributed by atoms with Crippen molar-refractivity contribution < 1.29 is 9.53 Å². The molecular weight excluding hydrogens is 542 g/mol. The van der Waals surface area contributed by atoms with Crippen molar-refractivity contribution in [2.24, 2.45) is 0 Å². The largest absolute Gasteiger partial charge is 0.370 e. The van der Waals surface area contributed by atoms with Crippen LogP contribution in [0, 0.1) is 0 Å². The maximum atomic E-state index is 14.0. The normalized spacial score (nSPS) is 14.6. The first kappa shape index (κ1) is 25.0. The van der Waals surface area contributed by atoms with Crippen LogP contribution in [0.1, 0.15) is 24.3 Å². The monoisotopic (exact) mass is 567 g/mol. The van der Waals surface area contributed by atoms with Gasteiger partial charge in [0.1, 0.15) is 4.83 Å². The number of carbonyl (C=O) groups is 1. The highest BCUT2D eigenvalue weighted by molar-refractivity contribution is 7.99. The lowest BCUT2D eigenvalue weighted by atomic mass is 9.94. The molecule has 4 heterocycles. The summed E-state index contributed by atoms with van der Waals surface area (Å²) >= 11 is 2.83. The summed E-state index contributed by atoms with van der Waals surface area (Å²) in [5.74, 6) is 0.405. The van der Waals surface area contributed by atoms with Crippen molar-refractivity contribution in [1.29, 1.82) is 0 Å². The smallest absolute Gasteiger partial charge is 0.268 e. The number of hydrogen-bond acceptors (Lipinski definition) is 7. The lowest BCUT2D eigenvalue weighted by Crippen LogP contribution is -2.32. The van der Waals surface area contributed by atoms with E-state index >= 15 is 0 Å². The first-order chi connectivity index (χ1) is 19.4. The molecule has 8 nitrogen and oxygen atoms in total. The summed E-state index contributed by atoms with van der Waals surface area (Å²) in [7, 11) is 0. The van der Waals surface area contributed by atoms with Gasteiger partial charge in [-0.05, 0) is 43.0 Å². The second kappa shape index (κ2) is 9.58. The quantitative estimate of drug-likeness (QED) is 0.264. The van der Waals surface area contributed by atoms with Crippen molar-refractivity contribution in [2.75, 3.05) is 11.1 Å². The Morgan fingerprint density at radius 2 is 1.82 bits per heavy atom. The van der Waals surface area contributed by atoms with Gasteiger partial charge in [-0.3, -0.25) is 9.59 Å². The number of benzene rings is 3. The second-order valence-corrected chi connectivity index (χ2v) is 12.4. The van der Waals surface area contributed by atoms with Crippen LogP contribution >= 0.6 is 23.1 Å². The Morgan fingerprint density at radius 3 is 2.67 bits per heavy atom. The molecule has 0 fully saturated rings. The van der Waals surface area contributed by atoms with Gasteiger partial charge in [-0.25, -0.2) is 8.97 Å². The van der Waals surface area contributed by atoms with E-state index in [-0.39, 0.29) is 22.8 Å². The number of thioether (sulfide) groups is 1. The number of thiophene rings is 1. The Hall–Kier alpha value is -3.99. The number of aromatic nitrogens is 4. The van der Waals surface area contributed by atoms with Gasteiger partial charge in [-0.15, -0.1) is 21.5 Å². The highest BCUT2D eigenvalue weighted by Gasteiger charge is 2.32. The van der Waals surface area contributed by atoms with Crippen LogP contribution in [0.3, 0.4) is 0 Å². The van der Waals surface area contributed by atoms with Gasteiger partial charge in [-0.2, -0.15) is 0 Å². The van der Waals surface area contributed by atoms with Crippen molar-refractivity contribution in [1.82, 2.24) is 19.2 Å². The van der Waals surface area contributed by atoms with Gasteiger partial charge in [0.05, 0.1) is 29.0 Å². The van der Waals surface area contributed by atoms with Gasteiger partial charge in [-0.1, -0.05) is 66.4 Å². The number of nitrogens with one attached hydrogen (secondary N) is 1. The van der Waals surface area contributed by atoms with Crippen LogP contribution in [-0.4, -0.2) is 36.4 Å². The van der Waals surface area contributed by atoms with E-state index in [4.69, 9.17) is 4.74 Å². The topological polar surface area (TPSA) is 90.5 Å². The summed E-state index contributed by atoms with van der Waals surface area (Å²) in [6.45, 7) is 4.54. The van der Waals surface area contributed by atoms with Gasteiger partial charge in [0.2, 0.25) is 11.7 Å². The van der Waals surface area contributed by atoms with Crippen LogP contribution in [0.4, 0.5) is 5.69 Å². The van der Waals surface area contributed by atoms with Crippen molar-refractivity contribution in [3.05, 3.63) is 93.6 Å². The fourth-order valence-electron chi connectivity index (χ4n) is 5.26. The molecule has 0 bridgehead atoms. The average molecular weight is 568 g/mol. The first-order valence-corrected chi connectivity index (χ1v) is 14.7. The molecule has 0 unspecified atom stereocenters. The van der Waals surface area contributed by atoms with Crippen molar-refractivity contribution >= 4 is 61.5 Å². The predicted octanol–water partition coefficient (Wildman–Crippen LogP) is 5.83. The van der Waals surface area contributed by atoms with E-state index in [1.165, 1.54) is 23.1 Å². The predicted molar refractivity (Wildman–Crippen MR) is 160 cm³/mol. The zero-order valence-corrected chi connectivity index (χ0v) is 23.5. The first-order valence-electron chi connectivity index (χ1n) is 12.9. The number of amides is 1. The summed E-state index contributed by atoms with van der Waals surface area (Å²) in [6, 6.07) is 23.3. The van der Waals surface area contributed by atoms with Crippen LogP contribution in [-0.2, 0) is 22.6 Å². The molecule has 0 radical (unpaired) electrons. The molecule has 1 aliphatic rings. The molecule has 1 N–H and O–H groups in total. The lowest BCUT2D eigenvalue weighted by molar-refractivity contribution is -0.113. The molecule has 10 heteroatoms. The summed E-state index contributed by atoms with van der Waals surface area (Å²) in [5.41, 5.74) is 2.00. The Morgan fingerprint density at radius 1 is 1.05 bits per heavy atom. The number of fused-ring (bicyclic) bond motifs is 6. The number of rotatable bonds is 5. The number of carbonyl (C=O) groups excluding carboxylic acids is 1. The molecule has 40 heavy (non-hydrogen) atoms. The molecular formula is C30H25N5O3S2. The van der Waals surface area contributed by atoms with Crippen LogP contribution in [0.2, 0.25) is 0 Å². The van der Waals surface area contributed by atoms with Crippen LogP contribution in [0.15, 0.2) is 82.7 Å². The molecule has 200 valence electrons. The third-order valence-electron chi connectivity index (χ3n) is 7.12. The summed E-state index contributed by atoms with van der Waals surface area (Å²) in [4.78, 5) is 28.9. The Balaban J connectivity index is 1.31. The fourth-order valence-corrected chi connectivity index (χ4v) is 7.27. The van der Waals surface area contributed by atoms with E-state index in [1.807, 2.05) is 91.0 Å². The third-order valence-corrected chi connectivity index (χ3v) is 9.24. The molecule has 0 saturated heterocycles. The van der Waals surface area contributed by atoms with E-state index in [9.17, 15) is 9.59 Å². The van der Waals surface area contributed by atoms with E-state index in [1.54, 1.807) is 4.57 Å². The number of nitrogens with zero attached hydrogens (tertiary/aromatic N) is 4. The van der Waals surface area contributed by atoms with Crippen LogP contribution < -0.4 is 10.9 Å². The molecule has 1 aliphatic heterocycles. The molecule has 3 aromatic heterocycles. The van der Waals surface area contributed by atoms with Crippen molar-refractivity contribution in [3.8, 4) is 5.69 Å². The highest BCUT2D eigenvalue weighted by Crippen LogP contribution is 2.39. The maximum Gasteiger partial charge on any atom is 0.268 e. The fraction of sp³-hybridized carbons (Fsp3) is 0.200.